The van der Waals surface area contributed by atoms with Gasteiger partial charge in [-0.2, -0.15) is 0 Å². The van der Waals surface area contributed by atoms with Crippen LogP contribution in [0.15, 0.2) is 16.6 Å². The Morgan fingerprint density at radius 1 is 1.19 bits per heavy atom. The minimum Gasteiger partial charge on any atom is -0.496 e. The molecule has 1 fully saturated rings. The highest BCUT2D eigenvalue weighted by atomic mass is 79.9. The molecule has 3 nitrogen and oxygen atoms in total. The van der Waals surface area contributed by atoms with Crippen LogP contribution in [0, 0.1) is 0 Å². The van der Waals surface area contributed by atoms with Gasteiger partial charge in [-0.3, -0.25) is 4.90 Å². The number of nitrogens with zero attached hydrogens (tertiary/aromatic N) is 1. The fourth-order valence-corrected chi connectivity index (χ4v) is 3.91. The Balaban J connectivity index is 0.00000110. The van der Waals surface area contributed by atoms with Crippen molar-refractivity contribution in [3.8, 4) is 5.75 Å². The number of piperazine rings is 1. The second-order valence-electron chi connectivity index (χ2n) is 5.39. The van der Waals surface area contributed by atoms with E-state index in [1.165, 1.54) is 35.1 Å². The van der Waals surface area contributed by atoms with E-state index in [1.807, 2.05) is 0 Å². The largest absolute Gasteiger partial charge is 0.496 e. The molecule has 0 radical (unpaired) electrons. The Labute approximate surface area is 147 Å². The smallest absolute Gasteiger partial charge is 0.122 e. The van der Waals surface area contributed by atoms with Gasteiger partial charge in [-0.15, -0.1) is 24.8 Å². The van der Waals surface area contributed by atoms with Crippen molar-refractivity contribution in [2.24, 2.45) is 0 Å². The third-order valence-corrected chi connectivity index (χ3v) is 5.13. The number of methoxy groups -OCH3 is 1. The molecule has 0 saturated carbocycles. The molecule has 2 aliphatic rings. The van der Waals surface area contributed by atoms with Gasteiger partial charge in [-0.1, -0.05) is 15.9 Å². The van der Waals surface area contributed by atoms with Gasteiger partial charge in [0.25, 0.3) is 0 Å². The zero-order chi connectivity index (χ0) is 13.2. The Morgan fingerprint density at radius 2 is 1.90 bits per heavy atom. The number of hydrogen-bond donors (Lipinski definition) is 1. The van der Waals surface area contributed by atoms with Crippen molar-refractivity contribution in [2.45, 2.75) is 25.3 Å². The number of rotatable bonds is 2. The summed E-state index contributed by atoms with van der Waals surface area (Å²) >= 11 is 3.68. The Bertz CT molecular complexity index is 467. The van der Waals surface area contributed by atoms with Crippen LogP contribution in [0.4, 0.5) is 0 Å². The number of benzene rings is 1. The average molecular weight is 398 g/mol. The Morgan fingerprint density at radius 3 is 2.57 bits per heavy atom. The van der Waals surface area contributed by atoms with Gasteiger partial charge in [-0.25, -0.2) is 0 Å². The first-order valence-corrected chi connectivity index (χ1v) is 7.88. The number of ether oxygens (including phenoxy) is 1. The first-order chi connectivity index (χ1) is 9.29. The molecule has 0 aromatic heterocycles. The van der Waals surface area contributed by atoms with E-state index >= 15 is 0 Å². The first-order valence-electron chi connectivity index (χ1n) is 7.08. The second kappa shape index (κ2) is 8.59. The maximum absolute atomic E-state index is 5.55. The summed E-state index contributed by atoms with van der Waals surface area (Å²) in [5.74, 6) is 1.05. The van der Waals surface area contributed by atoms with Crippen LogP contribution in [-0.2, 0) is 12.8 Å². The van der Waals surface area contributed by atoms with E-state index in [2.05, 4.69) is 38.3 Å². The Kier molecular flexibility index (Phi) is 7.79. The molecule has 1 aliphatic carbocycles. The lowest BCUT2D eigenvalue weighted by atomic mass is 9.86. The van der Waals surface area contributed by atoms with E-state index in [4.69, 9.17) is 4.74 Å². The van der Waals surface area contributed by atoms with Crippen molar-refractivity contribution in [2.75, 3.05) is 33.3 Å². The summed E-state index contributed by atoms with van der Waals surface area (Å²) in [6, 6.07) is 4.88. The molecule has 1 aliphatic heterocycles. The summed E-state index contributed by atoms with van der Waals surface area (Å²) in [6.45, 7) is 4.60. The van der Waals surface area contributed by atoms with Crippen LogP contribution in [-0.4, -0.2) is 44.2 Å². The third kappa shape index (κ3) is 4.05. The average Bonchev–Trinajstić information content (AvgIpc) is 2.48. The molecular weight excluding hydrogens is 375 g/mol. The van der Waals surface area contributed by atoms with Gasteiger partial charge in [0.15, 0.2) is 0 Å². The molecule has 0 amide bonds. The lowest BCUT2D eigenvalue weighted by Gasteiger charge is -2.38. The van der Waals surface area contributed by atoms with E-state index in [9.17, 15) is 0 Å². The second-order valence-corrected chi connectivity index (χ2v) is 6.24. The summed E-state index contributed by atoms with van der Waals surface area (Å²) in [7, 11) is 1.78. The fourth-order valence-electron chi connectivity index (χ4n) is 3.34. The molecule has 21 heavy (non-hydrogen) atoms. The van der Waals surface area contributed by atoms with E-state index in [0.717, 1.165) is 31.7 Å². The minimum atomic E-state index is 0. The van der Waals surface area contributed by atoms with Crippen molar-refractivity contribution < 1.29 is 4.74 Å². The summed E-state index contributed by atoms with van der Waals surface area (Å²) < 4.78 is 6.79. The number of hydrogen-bond acceptors (Lipinski definition) is 3. The highest BCUT2D eigenvalue weighted by Gasteiger charge is 2.28. The van der Waals surface area contributed by atoms with E-state index in [1.54, 1.807) is 7.11 Å². The maximum Gasteiger partial charge on any atom is 0.122 e. The van der Waals surface area contributed by atoms with Crippen LogP contribution >= 0.6 is 40.7 Å². The van der Waals surface area contributed by atoms with Crippen molar-refractivity contribution in [1.29, 1.82) is 0 Å². The maximum atomic E-state index is 5.55. The summed E-state index contributed by atoms with van der Waals surface area (Å²) in [6.07, 6.45) is 3.54. The molecule has 1 aromatic carbocycles. The van der Waals surface area contributed by atoms with Gasteiger partial charge in [-0.05, 0) is 42.5 Å². The molecule has 1 saturated heterocycles. The molecule has 0 bridgehead atoms. The standard InChI is InChI=1S/C15H21BrN2O.2ClH/c1-19-15-5-4-14(16)12-3-2-11(10-13(12)15)18-8-6-17-7-9-18;;/h4-5,11,17H,2-3,6-10H2,1H3;2*1H. The summed E-state index contributed by atoms with van der Waals surface area (Å²) in [5, 5.41) is 3.43. The zero-order valence-corrected chi connectivity index (χ0v) is 15.5. The molecule has 1 heterocycles. The monoisotopic (exact) mass is 396 g/mol. The van der Waals surface area contributed by atoms with Gasteiger partial charge in [0.05, 0.1) is 7.11 Å². The van der Waals surface area contributed by atoms with Gasteiger partial charge in [0.2, 0.25) is 0 Å². The number of nitrogens with one attached hydrogen (secondary N) is 1. The highest BCUT2D eigenvalue weighted by molar-refractivity contribution is 9.10. The molecular formula is C15H23BrCl2N2O. The Hall–Kier alpha value is -0.000000000000000222. The van der Waals surface area contributed by atoms with Crippen molar-refractivity contribution in [3.05, 3.63) is 27.7 Å². The third-order valence-electron chi connectivity index (χ3n) is 4.39. The highest BCUT2D eigenvalue weighted by Crippen LogP contribution is 2.36. The SMILES string of the molecule is COc1ccc(Br)c2c1CC(N1CCNCC1)CC2.Cl.Cl. The summed E-state index contributed by atoms with van der Waals surface area (Å²) in [5.41, 5.74) is 2.86. The van der Waals surface area contributed by atoms with Gasteiger partial charge in [0, 0.05) is 36.7 Å². The van der Waals surface area contributed by atoms with Gasteiger partial charge in [0.1, 0.15) is 5.75 Å². The van der Waals surface area contributed by atoms with E-state index in [0.29, 0.717) is 6.04 Å². The van der Waals surface area contributed by atoms with Crippen LogP contribution in [0.25, 0.3) is 0 Å². The van der Waals surface area contributed by atoms with Crippen molar-refractivity contribution in [1.82, 2.24) is 10.2 Å². The molecule has 1 N–H and O–H groups in total. The molecule has 6 heteroatoms. The normalized spacial score (nSPS) is 21.7. The number of halogens is 3. The predicted octanol–water partition coefficient (Wildman–Crippen LogP) is 3.06. The van der Waals surface area contributed by atoms with Gasteiger partial charge >= 0.3 is 0 Å². The lowest BCUT2D eigenvalue weighted by molar-refractivity contribution is 0.158. The molecule has 1 unspecified atom stereocenters. The topological polar surface area (TPSA) is 24.5 Å². The van der Waals surface area contributed by atoms with Crippen LogP contribution < -0.4 is 10.1 Å². The zero-order valence-electron chi connectivity index (χ0n) is 12.2. The summed E-state index contributed by atoms with van der Waals surface area (Å²) in [4.78, 5) is 2.64. The molecule has 1 aromatic rings. The predicted molar refractivity (Wildman–Crippen MR) is 95.4 cm³/mol. The van der Waals surface area contributed by atoms with E-state index < -0.39 is 0 Å². The number of fused-ring (bicyclic) bond motifs is 1. The lowest BCUT2D eigenvalue weighted by Crippen LogP contribution is -2.50. The van der Waals surface area contributed by atoms with Crippen LogP contribution in [0.5, 0.6) is 5.75 Å². The fraction of sp³-hybridized carbons (Fsp3) is 0.600. The minimum absolute atomic E-state index is 0. The molecule has 3 rings (SSSR count). The van der Waals surface area contributed by atoms with E-state index in [-0.39, 0.29) is 24.8 Å². The van der Waals surface area contributed by atoms with Crippen LogP contribution in [0.1, 0.15) is 17.5 Å². The van der Waals surface area contributed by atoms with Crippen molar-refractivity contribution in [3.63, 3.8) is 0 Å². The van der Waals surface area contributed by atoms with Crippen LogP contribution in [0.3, 0.4) is 0 Å². The molecule has 120 valence electrons. The van der Waals surface area contributed by atoms with Crippen LogP contribution in [0.2, 0.25) is 0 Å². The van der Waals surface area contributed by atoms with Crippen molar-refractivity contribution >= 4 is 40.7 Å². The molecule has 1 atom stereocenters. The van der Waals surface area contributed by atoms with Gasteiger partial charge < -0.3 is 10.1 Å². The quantitative estimate of drug-likeness (QED) is 0.829. The first kappa shape index (κ1) is 19.0. The molecule has 0 spiro atoms.